The molecule has 3 rings (SSSR count). The number of hydrogen-bond donors (Lipinski definition) is 2. The first-order valence-electron chi connectivity index (χ1n) is 9.40. The van der Waals surface area contributed by atoms with Crippen molar-refractivity contribution in [3.8, 4) is 11.5 Å². The number of halogens is 2. The monoisotopic (exact) mass is 471 g/mol. The molecule has 3 aromatic carbocycles. The van der Waals surface area contributed by atoms with E-state index in [1.807, 2.05) is 0 Å². The number of nitrogens with one attached hydrogen (secondary N) is 2. The number of carbonyl (C=O) groups excluding carboxylic acids is 2. The number of hydrogen-bond acceptors (Lipinski definition) is 5. The minimum absolute atomic E-state index is 0.260. The minimum atomic E-state index is -0.413. The fourth-order valence-electron chi connectivity index (χ4n) is 2.63. The van der Waals surface area contributed by atoms with E-state index in [0.29, 0.717) is 38.4 Å². The largest absolute Gasteiger partial charge is 0.497 e. The van der Waals surface area contributed by atoms with Gasteiger partial charge in [-0.2, -0.15) is 5.10 Å². The number of nitrogens with zero attached hydrogens (tertiary/aromatic N) is 1. The van der Waals surface area contributed by atoms with Crippen molar-refractivity contribution in [2.24, 2.45) is 5.10 Å². The second-order valence-electron chi connectivity index (χ2n) is 6.43. The molecule has 164 valence electrons. The van der Waals surface area contributed by atoms with Crippen molar-refractivity contribution in [3.63, 3.8) is 0 Å². The Morgan fingerprint density at radius 1 is 1.03 bits per heavy atom. The van der Waals surface area contributed by atoms with Gasteiger partial charge in [-0.05, 0) is 48.5 Å². The van der Waals surface area contributed by atoms with Crippen LogP contribution in [-0.2, 0) is 4.79 Å². The molecule has 0 unspecified atom stereocenters. The number of amides is 2. The summed E-state index contributed by atoms with van der Waals surface area (Å²) >= 11 is 12.1. The van der Waals surface area contributed by atoms with E-state index in [9.17, 15) is 9.59 Å². The van der Waals surface area contributed by atoms with Crippen molar-refractivity contribution in [1.29, 1.82) is 0 Å². The number of rotatable bonds is 8. The van der Waals surface area contributed by atoms with E-state index < -0.39 is 5.91 Å². The summed E-state index contributed by atoms with van der Waals surface area (Å²) in [4.78, 5) is 24.5. The highest BCUT2D eigenvalue weighted by molar-refractivity contribution is 6.33. The van der Waals surface area contributed by atoms with Crippen molar-refractivity contribution >= 4 is 46.9 Å². The molecule has 0 saturated heterocycles. The molecule has 0 radical (unpaired) electrons. The van der Waals surface area contributed by atoms with Gasteiger partial charge in [-0.25, -0.2) is 5.43 Å². The molecule has 7 nitrogen and oxygen atoms in total. The Bertz CT molecular complexity index is 1150. The standard InChI is InChI=1S/C23H19Cl2N3O4/c1-31-18-6-4-5-15(12-18)23(30)28-26-13-16-11-17(24)9-10-21(16)32-14-22(29)27-20-8-3-2-7-19(20)25/h2-13H,14H2,1H3,(H,27,29)(H,28,30)/b26-13+. The van der Waals surface area contributed by atoms with Gasteiger partial charge >= 0.3 is 0 Å². The summed E-state index contributed by atoms with van der Waals surface area (Å²) in [7, 11) is 1.52. The average Bonchev–Trinajstić information content (AvgIpc) is 2.80. The zero-order valence-electron chi connectivity index (χ0n) is 17.0. The summed E-state index contributed by atoms with van der Waals surface area (Å²) in [6.07, 6.45) is 1.38. The molecule has 0 aromatic heterocycles. The van der Waals surface area contributed by atoms with Crippen molar-refractivity contribution in [1.82, 2.24) is 5.43 Å². The Morgan fingerprint density at radius 2 is 1.84 bits per heavy atom. The molecule has 0 aliphatic carbocycles. The van der Waals surface area contributed by atoms with Crippen LogP contribution >= 0.6 is 23.2 Å². The fourth-order valence-corrected chi connectivity index (χ4v) is 3.00. The van der Waals surface area contributed by atoms with E-state index in [0.717, 1.165) is 0 Å². The maximum Gasteiger partial charge on any atom is 0.271 e. The molecule has 0 bridgehead atoms. The zero-order chi connectivity index (χ0) is 22.9. The lowest BCUT2D eigenvalue weighted by molar-refractivity contribution is -0.118. The topological polar surface area (TPSA) is 89.0 Å². The summed E-state index contributed by atoms with van der Waals surface area (Å²) in [6, 6.07) is 18.4. The van der Waals surface area contributed by atoms with Crippen LogP contribution in [0.3, 0.4) is 0 Å². The van der Waals surface area contributed by atoms with Gasteiger partial charge in [0.25, 0.3) is 11.8 Å². The summed E-state index contributed by atoms with van der Waals surface area (Å²) < 4.78 is 10.7. The lowest BCUT2D eigenvalue weighted by Gasteiger charge is -2.11. The predicted molar refractivity (Wildman–Crippen MR) is 125 cm³/mol. The van der Waals surface area contributed by atoms with Gasteiger partial charge in [0.15, 0.2) is 6.61 Å². The summed E-state index contributed by atoms with van der Waals surface area (Å²) in [5.41, 5.74) is 3.79. The average molecular weight is 472 g/mol. The molecule has 2 amide bonds. The molecule has 2 N–H and O–H groups in total. The molecule has 3 aromatic rings. The third-order valence-corrected chi connectivity index (χ3v) is 4.74. The summed E-state index contributed by atoms with van der Waals surface area (Å²) in [5.74, 6) is 0.122. The van der Waals surface area contributed by atoms with Crippen molar-refractivity contribution in [2.45, 2.75) is 0 Å². The summed E-state index contributed by atoms with van der Waals surface area (Å²) in [5, 5.41) is 7.50. The molecule has 0 aliphatic rings. The first kappa shape index (κ1) is 23.1. The smallest absolute Gasteiger partial charge is 0.271 e. The van der Waals surface area contributed by atoms with Crippen molar-refractivity contribution < 1.29 is 19.1 Å². The van der Waals surface area contributed by atoms with Crippen LogP contribution in [0.4, 0.5) is 5.69 Å². The third kappa shape index (κ3) is 6.47. The van der Waals surface area contributed by atoms with E-state index >= 15 is 0 Å². The van der Waals surface area contributed by atoms with E-state index in [1.54, 1.807) is 66.7 Å². The van der Waals surface area contributed by atoms with E-state index in [4.69, 9.17) is 32.7 Å². The van der Waals surface area contributed by atoms with Crippen LogP contribution in [0.15, 0.2) is 71.8 Å². The van der Waals surface area contributed by atoms with Crippen LogP contribution in [0.25, 0.3) is 0 Å². The number of methoxy groups -OCH3 is 1. The van der Waals surface area contributed by atoms with Gasteiger partial charge in [-0.3, -0.25) is 9.59 Å². The van der Waals surface area contributed by atoms with E-state index in [2.05, 4.69) is 15.8 Å². The van der Waals surface area contributed by atoms with Gasteiger partial charge in [-0.1, -0.05) is 41.4 Å². The second kappa shape index (κ2) is 11.2. The molecule has 0 spiro atoms. The lowest BCUT2D eigenvalue weighted by Crippen LogP contribution is -2.21. The normalized spacial score (nSPS) is 10.6. The number of anilines is 1. The summed E-state index contributed by atoms with van der Waals surface area (Å²) in [6.45, 7) is -0.260. The van der Waals surface area contributed by atoms with Crippen LogP contribution in [-0.4, -0.2) is 31.7 Å². The Balaban J connectivity index is 1.63. The molecular formula is C23H19Cl2N3O4. The Morgan fingerprint density at radius 3 is 2.62 bits per heavy atom. The van der Waals surface area contributed by atoms with Crippen LogP contribution in [0.1, 0.15) is 15.9 Å². The lowest BCUT2D eigenvalue weighted by atomic mass is 10.2. The number of ether oxygens (including phenoxy) is 2. The minimum Gasteiger partial charge on any atom is -0.497 e. The van der Waals surface area contributed by atoms with Gasteiger partial charge in [0.1, 0.15) is 11.5 Å². The molecule has 0 heterocycles. The second-order valence-corrected chi connectivity index (χ2v) is 7.27. The quantitative estimate of drug-likeness (QED) is 0.365. The van der Waals surface area contributed by atoms with Crippen molar-refractivity contribution in [3.05, 3.63) is 87.9 Å². The zero-order valence-corrected chi connectivity index (χ0v) is 18.5. The molecule has 0 saturated carbocycles. The van der Waals surface area contributed by atoms with E-state index in [-0.39, 0.29) is 12.5 Å². The highest BCUT2D eigenvalue weighted by atomic mass is 35.5. The van der Waals surface area contributed by atoms with Crippen LogP contribution in [0.2, 0.25) is 10.0 Å². The number of carbonyl (C=O) groups is 2. The van der Waals surface area contributed by atoms with Crippen LogP contribution < -0.4 is 20.2 Å². The Hall–Kier alpha value is -3.55. The van der Waals surface area contributed by atoms with Gasteiger partial charge < -0.3 is 14.8 Å². The molecule has 0 atom stereocenters. The maximum absolute atomic E-state index is 12.3. The van der Waals surface area contributed by atoms with Gasteiger partial charge in [0, 0.05) is 16.1 Å². The number of hydrazone groups is 1. The first-order chi connectivity index (χ1) is 15.5. The van der Waals surface area contributed by atoms with Gasteiger partial charge in [0.05, 0.1) is 24.0 Å². The molecule has 9 heteroatoms. The predicted octanol–water partition coefficient (Wildman–Crippen LogP) is 4.78. The SMILES string of the molecule is COc1cccc(C(=O)N/N=C/c2cc(Cl)ccc2OCC(=O)Nc2ccccc2Cl)c1. The highest BCUT2D eigenvalue weighted by Gasteiger charge is 2.10. The van der Waals surface area contributed by atoms with Gasteiger partial charge in [0.2, 0.25) is 0 Å². The molecule has 0 fully saturated rings. The first-order valence-corrected chi connectivity index (χ1v) is 10.2. The molecule has 32 heavy (non-hydrogen) atoms. The molecular weight excluding hydrogens is 453 g/mol. The Labute approximate surface area is 194 Å². The van der Waals surface area contributed by atoms with Crippen LogP contribution in [0.5, 0.6) is 11.5 Å². The van der Waals surface area contributed by atoms with Gasteiger partial charge in [-0.15, -0.1) is 0 Å². The Kier molecular flexibility index (Phi) is 8.08. The van der Waals surface area contributed by atoms with Crippen molar-refractivity contribution in [2.75, 3.05) is 19.0 Å². The fraction of sp³-hybridized carbons (Fsp3) is 0.0870. The third-order valence-electron chi connectivity index (χ3n) is 4.18. The number of para-hydroxylation sites is 1. The number of benzene rings is 3. The van der Waals surface area contributed by atoms with E-state index in [1.165, 1.54) is 13.3 Å². The maximum atomic E-state index is 12.3. The highest BCUT2D eigenvalue weighted by Crippen LogP contribution is 2.23. The van der Waals surface area contributed by atoms with Crippen LogP contribution in [0, 0.1) is 0 Å². The molecule has 0 aliphatic heterocycles.